The highest BCUT2D eigenvalue weighted by Crippen LogP contribution is 2.31. The predicted molar refractivity (Wildman–Crippen MR) is 90.2 cm³/mol. The van der Waals surface area contributed by atoms with Crippen molar-refractivity contribution in [1.29, 1.82) is 0 Å². The van der Waals surface area contributed by atoms with Crippen LogP contribution in [0.15, 0.2) is 41.6 Å². The Kier molecular flexibility index (Phi) is 5.00. The van der Waals surface area contributed by atoms with E-state index in [1.54, 1.807) is 45.3 Å². The number of sulfonamides is 1. The number of rotatable bonds is 5. The largest absolute Gasteiger partial charge is 0.270 e. The molecule has 0 saturated heterocycles. The molecular weight excluding hydrogens is 330 g/mol. The van der Waals surface area contributed by atoms with E-state index < -0.39 is 21.0 Å². The van der Waals surface area contributed by atoms with Crippen LogP contribution in [0, 0.1) is 24.0 Å². The number of benzene rings is 1. The third-order valence-corrected chi connectivity index (χ3v) is 6.24. The van der Waals surface area contributed by atoms with E-state index >= 15 is 0 Å². The van der Waals surface area contributed by atoms with E-state index in [1.165, 1.54) is 23.5 Å². The summed E-state index contributed by atoms with van der Waals surface area (Å²) in [4.78, 5) is 14.5. The summed E-state index contributed by atoms with van der Waals surface area (Å²) in [6.07, 6.45) is 3.24. The SMILES string of the molecule is Cc1cc([N+](=O)[O-])cc(C)c1S(=O)(=O)N(C)[C@@H](C)c1cccnc1. The van der Waals surface area contributed by atoms with Crippen LogP contribution >= 0.6 is 0 Å². The summed E-state index contributed by atoms with van der Waals surface area (Å²) < 4.78 is 27.3. The van der Waals surface area contributed by atoms with Gasteiger partial charge in [0.25, 0.3) is 5.69 Å². The van der Waals surface area contributed by atoms with Crippen LogP contribution in [0.25, 0.3) is 0 Å². The second-order valence-corrected chi connectivity index (χ2v) is 7.58. The van der Waals surface area contributed by atoms with Gasteiger partial charge >= 0.3 is 0 Å². The lowest BCUT2D eigenvalue weighted by molar-refractivity contribution is -0.385. The molecule has 0 aliphatic rings. The molecular formula is C16H19N3O4S. The van der Waals surface area contributed by atoms with Gasteiger partial charge in [-0.3, -0.25) is 15.1 Å². The van der Waals surface area contributed by atoms with Gasteiger partial charge < -0.3 is 0 Å². The first-order chi connectivity index (χ1) is 11.2. The average molecular weight is 349 g/mol. The fourth-order valence-corrected chi connectivity index (χ4v) is 4.38. The van der Waals surface area contributed by atoms with Gasteiger partial charge in [0.15, 0.2) is 0 Å². The fourth-order valence-electron chi connectivity index (χ4n) is 2.62. The van der Waals surface area contributed by atoms with Crippen LogP contribution in [-0.4, -0.2) is 29.7 Å². The molecule has 0 unspecified atom stereocenters. The minimum absolute atomic E-state index is 0.103. The normalized spacial score (nSPS) is 13.0. The van der Waals surface area contributed by atoms with Gasteiger partial charge in [0.2, 0.25) is 10.0 Å². The van der Waals surface area contributed by atoms with Gasteiger partial charge in [-0.2, -0.15) is 4.31 Å². The number of nitrogens with zero attached hydrogens (tertiary/aromatic N) is 3. The van der Waals surface area contributed by atoms with Gasteiger partial charge in [-0.25, -0.2) is 8.42 Å². The first-order valence-corrected chi connectivity index (χ1v) is 8.74. The molecule has 128 valence electrons. The Balaban J connectivity index is 2.49. The summed E-state index contributed by atoms with van der Waals surface area (Å²) in [6, 6.07) is 5.69. The van der Waals surface area contributed by atoms with Crippen molar-refractivity contribution in [2.75, 3.05) is 7.05 Å². The number of non-ortho nitro benzene ring substituents is 1. The van der Waals surface area contributed by atoms with Gasteiger partial charge in [0, 0.05) is 37.6 Å². The van der Waals surface area contributed by atoms with Crippen molar-refractivity contribution in [1.82, 2.24) is 9.29 Å². The number of hydrogen-bond acceptors (Lipinski definition) is 5. The summed E-state index contributed by atoms with van der Waals surface area (Å²) in [5, 5.41) is 10.9. The maximum atomic E-state index is 13.0. The number of hydrogen-bond donors (Lipinski definition) is 0. The maximum Gasteiger partial charge on any atom is 0.270 e. The Morgan fingerprint density at radius 2 is 1.83 bits per heavy atom. The van der Waals surface area contributed by atoms with E-state index in [9.17, 15) is 18.5 Å². The lowest BCUT2D eigenvalue weighted by Crippen LogP contribution is -2.31. The highest BCUT2D eigenvalue weighted by molar-refractivity contribution is 7.89. The number of nitro groups is 1. The molecule has 1 aromatic carbocycles. The van der Waals surface area contributed by atoms with E-state index in [0.717, 1.165) is 5.56 Å². The first-order valence-electron chi connectivity index (χ1n) is 7.30. The Morgan fingerprint density at radius 3 is 2.29 bits per heavy atom. The lowest BCUT2D eigenvalue weighted by atomic mass is 10.1. The Morgan fingerprint density at radius 1 is 1.25 bits per heavy atom. The molecule has 0 spiro atoms. The predicted octanol–water partition coefficient (Wildman–Crippen LogP) is 2.99. The summed E-state index contributed by atoms with van der Waals surface area (Å²) in [7, 11) is -2.31. The summed E-state index contributed by atoms with van der Waals surface area (Å²) in [5.41, 5.74) is 1.35. The number of aromatic nitrogens is 1. The molecule has 2 aromatic rings. The van der Waals surface area contributed by atoms with E-state index in [1.807, 2.05) is 0 Å². The molecule has 0 N–H and O–H groups in total. The van der Waals surface area contributed by atoms with Crippen LogP contribution in [0.1, 0.15) is 29.7 Å². The fraction of sp³-hybridized carbons (Fsp3) is 0.312. The van der Waals surface area contributed by atoms with E-state index in [2.05, 4.69) is 4.98 Å². The van der Waals surface area contributed by atoms with Crippen molar-refractivity contribution in [2.45, 2.75) is 31.7 Å². The zero-order valence-corrected chi connectivity index (χ0v) is 14.7. The van der Waals surface area contributed by atoms with Gasteiger partial charge in [-0.15, -0.1) is 0 Å². The zero-order valence-electron chi connectivity index (χ0n) is 13.9. The third-order valence-electron chi connectivity index (χ3n) is 4.01. The van der Waals surface area contributed by atoms with Crippen LogP contribution in [0.2, 0.25) is 0 Å². The van der Waals surface area contributed by atoms with Crippen molar-refractivity contribution < 1.29 is 13.3 Å². The zero-order chi connectivity index (χ0) is 18.1. The van der Waals surface area contributed by atoms with Gasteiger partial charge in [-0.05, 0) is 43.5 Å². The summed E-state index contributed by atoms with van der Waals surface area (Å²) in [6.45, 7) is 4.90. The molecule has 2 rings (SSSR count). The second-order valence-electron chi connectivity index (χ2n) is 5.65. The van der Waals surface area contributed by atoms with Crippen molar-refractivity contribution in [3.8, 4) is 0 Å². The molecule has 0 radical (unpaired) electrons. The molecule has 0 bridgehead atoms. The van der Waals surface area contributed by atoms with Crippen molar-refractivity contribution >= 4 is 15.7 Å². The molecule has 1 heterocycles. The van der Waals surface area contributed by atoms with Gasteiger partial charge in [0.05, 0.1) is 9.82 Å². The van der Waals surface area contributed by atoms with Crippen molar-refractivity contribution in [2.24, 2.45) is 0 Å². The van der Waals surface area contributed by atoms with Crippen LogP contribution in [0.3, 0.4) is 0 Å². The number of pyridine rings is 1. The third kappa shape index (κ3) is 3.29. The van der Waals surface area contributed by atoms with E-state index in [-0.39, 0.29) is 10.6 Å². The standard InChI is InChI=1S/C16H19N3O4S/c1-11-8-15(19(20)21)9-12(2)16(11)24(22,23)18(4)13(3)14-6-5-7-17-10-14/h5-10,13H,1-4H3/t13-/m0/s1. The van der Waals surface area contributed by atoms with Crippen LogP contribution < -0.4 is 0 Å². The molecule has 0 fully saturated rings. The minimum atomic E-state index is -3.81. The highest BCUT2D eigenvalue weighted by atomic mass is 32.2. The first kappa shape index (κ1) is 18.0. The van der Waals surface area contributed by atoms with Crippen molar-refractivity contribution in [3.05, 3.63) is 63.5 Å². The second kappa shape index (κ2) is 6.66. The Hall–Kier alpha value is -2.32. The van der Waals surface area contributed by atoms with Crippen molar-refractivity contribution in [3.63, 3.8) is 0 Å². The average Bonchev–Trinajstić information content (AvgIpc) is 2.53. The number of aryl methyl sites for hydroxylation is 2. The molecule has 0 aliphatic carbocycles. The number of nitro benzene ring substituents is 1. The topological polar surface area (TPSA) is 93.4 Å². The summed E-state index contributed by atoms with van der Waals surface area (Å²) in [5.74, 6) is 0. The lowest BCUT2D eigenvalue weighted by Gasteiger charge is -2.26. The van der Waals surface area contributed by atoms with Crippen LogP contribution in [-0.2, 0) is 10.0 Å². The molecule has 24 heavy (non-hydrogen) atoms. The highest BCUT2D eigenvalue weighted by Gasteiger charge is 2.30. The summed E-state index contributed by atoms with van der Waals surface area (Å²) >= 11 is 0. The molecule has 8 heteroatoms. The molecule has 1 atom stereocenters. The Labute approximate surface area is 141 Å². The van der Waals surface area contributed by atoms with Crippen LogP contribution in [0.5, 0.6) is 0 Å². The Bertz CT molecular complexity index is 843. The van der Waals surface area contributed by atoms with Crippen LogP contribution in [0.4, 0.5) is 5.69 Å². The molecule has 1 aromatic heterocycles. The molecule has 7 nitrogen and oxygen atoms in total. The molecule has 0 amide bonds. The van der Waals surface area contributed by atoms with E-state index in [4.69, 9.17) is 0 Å². The van der Waals surface area contributed by atoms with Gasteiger partial charge in [-0.1, -0.05) is 6.07 Å². The minimum Gasteiger partial charge on any atom is -0.264 e. The monoisotopic (exact) mass is 349 g/mol. The molecule has 0 saturated carbocycles. The molecule has 0 aliphatic heterocycles. The van der Waals surface area contributed by atoms with E-state index in [0.29, 0.717) is 11.1 Å². The quantitative estimate of drug-likeness (QED) is 0.611. The van der Waals surface area contributed by atoms with Gasteiger partial charge in [0.1, 0.15) is 0 Å². The maximum absolute atomic E-state index is 13.0. The smallest absolute Gasteiger partial charge is 0.264 e.